The summed E-state index contributed by atoms with van der Waals surface area (Å²) in [6, 6.07) is 17.9. The molecule has 0 N–H and O–H groups in total. The van der Waals surface area contributed by atoms with Crippen LogP contribution in [-0.4, -0.2) is 31.3 Å². The van der Waals surface area contributed by atoms with E-state index in [9.17, 15) is 0 Å². The fourth-order valence-corrected chi connectivity index (χ4v) is 5.42. The number of rotatable bonds is 5. The quantitative estimate of drug-likeness (QED) is 0.197. The van der Waals surface area contributed by atoms with Crippen LogP contribution in [0.1, 0.15) is 6.92 Å². The Hall–Kier alpha value is -2.93. The fourth-order valence-electron chi connectivity index (χ4n) is 3.40. The van der Waals surface area contributed by atoms with Gasteiger partial charge < -0.3 is 4.74 Å². The molecule has 2 aromatic carbocycles. The third-order valence-corrected chi connectivity index (χ3v) is 6.78. The highest BCUT2D eigenvalue weighted by molar-refractivity contribution is 7.99. The van der Waals surface area contributed by atoms with Gasteiger partial charge in [-0.2, -0.15) is 5.26 Å². The molecule has 3 heterocycles. The van der Waals surface area contributed by atoms with Crippen molar-refractivity contribution in [3.63, 3.8) is 0 Å². The van der Waals surface area contributed by atoms with E-state index in [1.807, 2.05) is 64.4 Å². The van der Waals surface area contributed by atoms with Gasteiger partial charge in [0.05, 0.1) is 29.5 Å². The molecule has 6 nitrogen and oxygen atoms in total. The van der Waals surface area contributed by atoms with Gasteiger partial charge in [0.25, 0.3) is 0 Å². The van der Waals surface area contributed by atoms with E-state index in [0.29, 0.717) is 16.3 Å². The zero-order valence-corrected chi connectivity index (χ0v) is 18.4. The van der Waals surface area contributed by atoms with Crippen molar-refractivity contribution in [1.29, 1.82) is 5.26 Å². The Morgan fingerprint density at radius 1 is 1.13 bits per heavy atom. The Kier molecular flexibility index (Phi) is 4.90. The van der Waals surface area contributed by atoms with Gasteiger partial charge in [0.2, 0.25) is 0 Å². The van der Waals surface area contributed by atoms with E-state index in [0.717, 1.165) is 43.6 Å². The maximum Gasteiger partial charge on any atom is 0.177 e. The maximum absolute atomic E-state index is 9.13. The Morgan fingerprint density at radius 3 is 2.70 bits per heavy atom. The zero-order valence-electron chi connectivity index (χ0n) is 15.9. The number of hydrogen-bond acceptors (Lipinski definition) is 7. The molecule has 3 aromatic heterocycles. The Morgan fingerprint density at radius 2 is 1.93 bits per heavy atom. The molecular formula is C21H15N5OS3. The molecule has 0 aliphatic heterocycles. The van der Waals surface area contributed by atoms with E-state index in [1.165, 1.54) is 23.1 Å². The summed E-state index contributed by atoms with van der Waals surface area (Å²) in [6.07, 6.45) is 0. The van der Waals surface area contributed by atoms with Crippen LogP contribution >= 0.6 is 35.3 Å². The predicted octanol–water partition coefficient (Wildman–Crippen LogP) is 5.63. The topological polar surface area (TPSA) is 68.1 Å². The van der Waals surface area contributed by atoms with Gasteiger partial charge in [-0.15, -0.1) is 0 Å². The summed E-state index contributed by atoms with van der Waals surface area (Å²) in [4.78, 5) is 9.79. The standard InChI is InChI=1S/C21H15N5OS3/c1-2-27-14-9-7-13(8-10-14)25-19-17(30-21(25)28)18-23-15-5-3-4-6-16(15)26(18)20(24-19)29-12-11-22/h3-10H,2,12H2,1H3. The van der Waals surface area contributed by atoms with E-state index in [-0.39, 0.29) is 0 Å². The molecule has 30 heavy (non-hydrogen) atoms. The van der Waals surface area contributed by atoms with Crippen molar-refractivity contribution in [2.75, 3.05) is 12.4 Å². The molecule has 0 amide bonds. The van der Waals surface area contributed by atoms with Gasteiger partial charge in [-0.05, 0) is 55.5 Å². The molecule has 0 unspecified atom stereocenters. The van der Waals surface area contributed by atoms with Crippen LogP contribution < -0.4 is 4.74 Å². The van der Waals surface area contributed by atoms with Crippen molar-refractivity contribution in [2.45, 2.75) is 12.1 Å². The van der Waals surface area contributed by atoms with E-state index < -0.39 is 0 Å². The molecule has 0 bridgehead atoms. The smallest absolute Gasteiger partial charge is 0.177 e. The predicted molar refractivity (Wildman–Crippen MR) is 124 cm³/mol. The summed E-state index contributed by atoms with van der Waals surface area (Å²) in [5.74, 6) is 1.11. The molecule has 0 saturated heterocycles. The van der Waals surface area contributed by atoms with Crippen molar-refractivity contribution in [3.8, 4) is 17.5 Å². The number of imidazole rings is 1. The van der Waals surface area contributed by atoms with Crippen molar-refractivity contribution in [1.82, 2.24) is 18.9 Å². The van der Waals surface area contributed by atoms with Crippen LogP contribution in [0, 0.1) is 15.3 Å². The van der Waals surface area contributed by atoms with Crippen molar-refractivity contribution in [2.24, 2.45) is 0 Å². The number of thiazole rings is 1. The third-order valence-electron chi connectivity index (χ3n) is 4.62. The van der Waals surface area contributed by atoms with Gasteiger partial charge in [0.15, 0.2) is 20.4 Å². The lowest BCUT2D eigenvalue weighted by Crippen LogP contribution is -2.01. The Balaban J connectivity index is 1.82. The average Bonchev–Trinajstić information content (AvgIpc) is 3.30. The molecule has 0 radical (unpaired) electrons. The minimum absolute atomic E-state index is 0.300. The number of fused-ring (bicyclic) bond motifs is 5. The van der Waals surface area contributed by atoms with Gasteiger partial charge in [-0.1, -0.05) is 35.2 Å². The summed E-state index contributed by atoms with van der Waals surface area (Å²) >= 11 is 8.59. The van der Waals surface area contributed by atoms with Crippen molar-refractivity contribution in [3.05, 3.63) is 52.5 Å². The molecule has 0 atom stereocenters. The molecule has 9 heteroatoms. The van der Waals surface area contributed by atoms with Crippen molar-refractivity contribution < 1.29 is 4.74 Å². The third kappa shape index (κ3) is 3.04. The summed E-state index contributed by atoms with van der Waals surface area (Å²) in [7, 11) is 0. The first-order valence-electron chi connectivity index (χ1n) is 9.27. The highest BCUT2D eigenvalue weighted by Crippen LogP contribution is 2.34. The van der Waals surface area contributed by atoms with Gasteiger partial charge in [0.1, 0.15) is 10.4 Å². The summed E-state index contributed by atoms with van der Waals surface area (Å²) in [5, 5.41) is 9.85. The Bertz CT molecular complexity index is 1490. The van der Waals surface area contributed by atoms with Crippen LogP contribution in [0.2, 0.25) is 0 Å². The zero-order chi connectivity index (χ0) is 20.7. The molecule has 0 aliphatic carbocycles. The summed E-state index contributed by atoms with van der Waals surface area (Å²) in [6.45, 7) is 2.58. The molecule has 148 valence electrons. The lowest BCUT2D eigenvalue weighted by atomic mass is 10.3. The first kappa shape index (κ1) is 19.1. The van der Waals surface area contributed by atoms with Crippen LogP contribution in [0.4, 0.5) is 0 Å². The first-order chi connectivity index (χ1) is 14.7. The van der Waals surface area contributed by atoms with Crippen LogP contribution in [0.3, 0.4) is 0 Å². The largest absolute Gasteiger partial charge is 0.494 e. The second-order valence-electron chi connectivity index (χ2n) is 6.38. The maximum atomic E-state index is 9.13. The SMILES string of the molecule is CCOc1ccc(-n2c(=S)sc3c2nc(SCC#N)n2c4ccccc4nc32)cc1. The summed E-state index contributed by atoms with van der Waals surface area (Å²) in [5.41, 5.74) is 4.32. The lowest BCUT2D eigenvalue weighted by molar-refractivity contribution is 0.340. The average molecular weight is 450 g/mol. The van der Waals surface area contributed by atoms with Gasteiger partial charge >= 0.3 is 0 Å². The minimum atomic E-state index is 0.300. The number of ether oxygens (including phenoxy) is 1. The van der Waals surface area contributed by atoms with E-state index in [2.05, 4.69) is 6.07 Å². The normalized spacial score (nSPS) is 11.3. The molecule has 0 aliphatic rings. The highest BCUT2D eigenvalue weighted by atomic mass is 32.2. The van der Waals surface area contributed by atoms with Crippen molar-refractivity contribution >= 4 is 62.3 Å². The molecule has 0 spiro atoms. The van der Waals surface area contributed by atoms with E-state index >= 15 is 0 Å². The monoisotopic (exact) mass is 449 g/mol. The van der Waals surface area contributed by atoms with E-state index in [1.54, 1.807) is 0 Å². The molecule has 5 rings (SSSR count). The number of nitrogens with zero attached hydrogens (tertiary/aromatic N) is 5. The second-order valence-corrected chi connectivity index (χ2v) is 8.97. The highest BCUT2D eigenvalue weighted by Gasteiger charge is 2.19. The number of aromatic nitrogens is 4. The second kappa shape index (κ2) is 7.72. The molecule has 0 saturated carbocycles. The number of para-hydroxylation sites is 2. The first-order valence-corrected chi connectivity index (χ1v) is 11.5. The van der Waals surface area contributed by atoms with Crippen LogP contribution in [0.5, 0.6) is 5.75 Å². The number of thioether (sulfide) groups is 1. The van der Waals surface area contributed by atoms with Crippen LogP contribution in [-0.2, 0) is 0 Å². The molecule has 5 aromatic rings. The summed E-state index contributed by atoms with van der Waals surface area (Å²) < 4.78 is 11.2. The fraction of sp³-hybridized carbons (Fsp3) is 0.143. The molecular weight excluding hydrogens is 434 g/mol. The van der Waals surface area contributed by atoms with Gasteiger partial charge in [-0.25, -0.2) is 9.97 Å². The van der Waals surface area contributed by atoms with Gasteiger partial charge in [-0.3, -0.25) is 8.97 Å². The van der Waals surface area contributed by atoms with E-state index in [4.69, 9.17) is 32.2 Å². The van der Waals surface area contributed by atoms with Crippen LogP contribution in [0.15, 0.2) is 53.7 Å². The van der Waals surface area contributed by atoms with Gasteiger partial charge in [0, 0.05) is 5.69 Å². The molecule has 0 fully saturated rings. The lowest BCUT2D eigenvalue weighted by Gasteiger charge is -2.09. The number of nitriles is 1. The number of hydrogen-bond donors (Lipinski definition) is 0. The van der Waals surface area contributed by atoms with Crippen LogP contribution in [0.25, 0.3) is 32.7 Å². The number of benzene rings is 2. The minimum Gasteiger partial charge on any atom is -0.494 e. The Labute approximate surface area is 185 Å².